The summed E-state index contributed by atoms with van der Waals surface area (Å²) < 4.78 is 5.10. The molecule has 0 aromatic rings. The first-order valence-electron chi connectivity index (χ1n) is 5.99. The Bertz CT molecular complexity index is 227. The minimum absolute atomic E-state index is 0.00216. The average molecular weight is 229 g/mol. The molecule has 0 amide bonds. The molecule has 1 rings (SSSR count). The highest BCUT2D eigenvalue weighted by Crippen LogP contribution is 2.22. The fraction of sp³-hybridized carbons (Fsp3) is 0.917. The zero-order chi connectivity index (χ0) is 12.2. The van der Waals surface area contributed by atoms with Crippen molar-refractivity contribution >= 4 is 5.97 Å². The number of aliphatic hydroxyl groups excluding tert-OH is 1. The van der Waals surface area contributed by atoms with Crippen LogP contribution in [-0.4, -0.2) is 35.4 Å². The summed E-state index contributed by atoms with van der Waals surface area (Å²) in [6.07, 6.45) is 3.83. The summed E-state index contributed by atoms with van der Waals surface area (Å²) in [5, 5.41) is 12.1. The molecule has 1 aliphatic carbocycles. The maximum atomic E-state index is 10.9. The van der Waals surface area contributed by atoms with E-state index >= 15 is 0 Å². The molecule has 0 unspecified atom stereocenters. The van der Waals surface area contributed by atoms with Gasteiger partial charge in [0.2, 0.25) is 0 Å². The summed E-state index contributed by atoms with van der Waals surface area (Å²) in [7, 11) is 0. The van der Waals surface area contributed by atoms with Gasteiger partial charge in [0.15, 0.2) is 0 Å². The molecule has 0 aromatic heterocycles. The van der Waals surface area contributed by atoms with Gasteiger partial charge in [0.1, 0.15) is 12.7 Å². The third-order valence-electron chi connectivity index (χ3n) is 2.74. The van der Waals surface area contributed by atoms with Gasteiger partial charge in [-0.2, -0.15) is 0 Å². The molecule has 0 heterocycles. The van der Waals surface area contributed by atoms with Crippen LogP contribution in [0.3, 0.4) is 0 Å². The Kier molecular flexibility index (Phi) is 4.74. The molecule has 1 fully saturated rings. The summed E-state index contributed by atoms with van der Waals surface area (Å²) in [4.78, 5) is 10.9. The lowest BCUT2D eigenvalue weighted by Gasteiger charge is -2.33. The van der Waals surface area contributed by atoms with Gasteiger partial charge in [-0.3, -0.25) is 0 Å². The fourth-order valence-corrected chi connectivity index (χ4v) is 2.16. The van der Waals surface area contributed by atoms with Gasteiger partial charge in [-0.1, -0.05) is 0 Å². The van der Waals surface area contributed by atoms with E-state index in [2.05, 4.69) is 26.1 Å². The molecule has 0 aliphatic heterocycles. The quantitative estimate of drug-likeness (QED) is 0.714. The molecule has 94 valence electrons. The van der Waals surface area contributed by atoms with Gasteiger partial charge in [-0.25, -0.2) is 4.79 Å². The van der Waals surface area contributed by atoms with Crippen LogP contribution in [-0.2, 0) is 9.53 Å². The van der Waals surface area contributed by atoms with Crippen LogP contribution < -0.4 is 5.32 Å². The van der Waals surface area contributed by atoms with E-state index in [-0.39, 0.29) is 11.6 Å². The number of carbonyl (C=O) groups excluding carboxylic acids is 1. The van der Waals surface area contributed by atoms with Gasteiger partial charge < -0.3 is 15.2 Å². The first-order valence-corrected chi connectivity index (χ1v) is 5.99. The fourth-order valence-electron chi connectivity index (χ4n) is 2.16. The molecule has 4 nitrogen and oxygen atoms in total. The maximum absolute atomic E-state index is 10.9. The van der Waals surface area contributed by atoms with Crippen LogP contribution in [0.15, 0.2) is 0 Å². The summed E-state index contributed by atoms with van der Waals surface area (Å²) in [6, 6.07) is 0.518. The third kappa shape index (κ3) is 4.94. The molecule has 16 heavy (non-hydrogen) atoms. The SMILES string of the molecule is CC(C)(C)NC1CCC(OC(=O)CO)CC1. The van der Waals surface area contributed by atoms with Gasteiger partial charge in [0.25, 0.3) is 0 Å². The lowest BCUT2D eigenvalue weighted by atomic mass is 9.91. The van der Waals surface area contributed by atoms with Crippen molar-refractivity contribution in [2.24, 2.45) is 0 Å². The van der Waals surface area contributed by atoms with E-state index in [1.165, 1.54) is 0 Å². The largest absolute Gasteiger partial charge is 0.461 e. The van der Waals surface area contributed by atoms with Crippen molar-refractivity contribution in [3.8, 4) is 0 Å². The van der Waals surface area contributed by atoms with E-state index in [1.807, 2.05) is 0 Å². The standard InChI is InChI=1S/C12H23NO3/c1-12(2,3)13-9-4-6-10(7-5-9)16-11(15)8-14/h9-10,13-14H,4-8H2,1-3H3. The van der Waals surface area contributed by atoms with E-state index in [0.717, 1.165) is 25.7 Å². The van der Waals surface area contributed by atoms with Crippen LogP contribution >= 0.6 is 0 Å². The van der Waals surface area contributed by atoms with Crippen LogP contribution in [0.4, 0.5) is 0 Å². The van der Waals surface area contributed by atoms with Gasteiger partial charge in [0.05, 0.1) is 0 Å². The van der Waals surface area contributed by atoms with Crippen molar-refractivity contribution in [3.05, 3.63) is 0 Å². The number of nitrogens with one attached hydrogen (secondary N) is 1. The Hall–Kier alpha value is -0.610. The number of esters is 1. The van der Waals surface area contributed by atoms with E-state index in [0.29, 0.717) is 6.04 Å². The second-order valence-corrected chi connectivity index (χ2v) is 5.52. The molecule has 2 N–H and O–H groups in total. The zero-order valence-corrected chi connectivity index (χ0v) is 10.5. The van der Waals surface area contributed by atoms with Crippen molar-refractivity contribution in [2.75, 3.05) is 6.61 Å². The number of rotatable bonds is 3. The molecule has 0 bridgehead atoms. The number of ether oxygens (including phenoxy) is 1. The smallest absolute Gasteiger partial charge is 0.332 e. The molecule has 4 heteroatoms. The van der Waals surface area contributed by atoms with Gasteiger partial charge in [-0.15, -0.1) is 0 Å². The van der Waals surface area contributed by atoms with Crippen molar-refractivity contribution in [1.29, 1.82) is 0 Å². The minimum atomic E-state index is -0.514. The van der Waals surface area contributed by atoms with Crippen LogP contribution in [0.5, 0.6) is 0 Å². The summed E-state index contributed by atoms with van der Waals surface area (Å²) in [5.74, 6) is -0.507. The van der Waals surface area contributed by atoms with E-state index in [4.69, 9.17) is 9.84 Å². The van der Waals surface area contributed by atoms with Crippen molar-refractivity contribution in [3.63, 3.8) is 0 Å². The van der Waals surface area contributed by atoms with E-state index in [9.17, 15) is 4.79 Å². The molecule has 0 saturated heterocycles. The summed E-state index contributed by atoms with van der Waals surface area (Å²) >= 11 is 0. The number of carbonyl (C=O) groups is 1. The van der Waals surface area contributed by atoms with Crippen molar-refractivity contribution in [1.82, 2.24) is 5.32 Å². The monoisotopic (exact) mass is 229 g/mol. The van der Waals surface area contributed by atoms with E-state index < -0.39 is 12.6 Å². The van der Waals surface area contributed by atoms with Crippen LogP contribution in [0.1, 0.15) is 46.5 Å². The molecular formula is C12H23NO3. The Labute approximate surface area is 97.4 Å². The molecule has 0 aromatic carbocycles. The molecule has 0 spiro atoms. The number of aliphatic hydroxyl groups is 1. The highest BCUT2D eigenvalue weighted by molar-refractivity contribution is 5.70. The highest BCUT2D eigenvalue weighted by Gasteiger charge is 2.25. The lowest BCUT2D eigenvalue weighted by Crippen LogP contribution is -2.46. The maximum Gasteiger partial charge on any atom is 0.332 e. The molecule has 1 saturated carbocycles. The Morgan fingerprint density at radius 3 is 2.31 bits per heavy atom. The Morgan fingerprint density at radius 1 is 1.31 bits per heavy atom. The number of hydrogen-bond donors (Lipinski definition) is 2. The summed E-state index contributed by atoms with van der Waals surface area (Å²) in [6.45, 7) is 5.96. The second kappa shape index (κ2) is 5.64. The average Bonchev–Trinajstić information content (AvgIpc) is 2.18. The van der Waals surface area contributed by atoms with Gasteiger partial charge >= 0.3 is 5.97 Å². The lowest BCUT2D eigenvalue weighted by molar-refractivity contribution is -0.154. The Balaban J connectivity index is 2.26. The van der Waals surface area contributed by atoms with Crippen LogP contribution in [0.25, 0.3) is 0 Å². The van der Waals surface area contributed by atoms with Crippen molar-refractivity contribution in [2.45, 2.75) is 64.1 Å². The predicted octanol–water partition coefficient (Wildman–Crippen LogP) is 1.22. The molecule has 1 aliphatic rings. The molecule has 0 radical (unpaired) electrons. The topological polar surface area (TPSA) is 58.6 Å². The molecule has 0 atom stereocenters. The van der Waals surface area contributed by atoms with Crippen molar-refractivity contribution < 1.29 is 14.6 Å². The normalized spacial score (nSPS) is 26.5. The third-order valence-corrected chi connectivity index (χ3v) is 2.74. The molecular weight excluding hydrogens is 206 g/mol. The van der Waals surface area contributed by atoms with Gasteiger partial charge in [-0.05, 0) is 46.5 Å². The Morgan fingerprint density at radius 2 is 1.88 bits per heavy atom. The minimum Gasteiger partial charge on any atom is -0.461 e. The zero-order valence-electron chi connectivity index (χ0n) is 10.5. The summed E-state index contributed by atoms with van der Waals surface area (Å²) in [5.41, 5.74) is 0.138. The predicted molar refractivity (Wildman–Crippen MR) is 62.1 cm³/mol. The second-order valence-electron chi connectivity index (χ2n) is 5.52. The first-order chi connectivity index (χ1) is 7.40. The highest BCUT2D eigenvalue weighted by atomic mass is 16.6. The van der Waals surface area contributed by atoms with Gasteiger partial charge in [0, 0.05) is 11.6 Å². The van der Waals surface area contributed by atoms with Crippen LogP contribution in [0.2, 0.25) is 0 Å². The first kappa shape index (κ1) is 13.5. The number of hydrogen-bond acceptors (Lipinski definition) is 4. The van der Waals surface area contributed by atoms with Crippen LogP contribution in [0, 0.1) is 0 Å². The van der Waals surface area contributed by atoms with E-state index in [1.54, 1.807) is 0 Å².